The summed E-state index contributed by atoms with van der Waals surface area (Å²) >= 11 is 12.1. The number of carbonyl (C=O) groups is 3. The van der Waals surface area contributed by atoms with Gasteiger partial charge in [-0.25, -0.2) is 0 Å². The van der Waals surface area contributed by atoms with Gasteiger partial charge in [0.2, 0.25) is 5.91 Å². The molecule has 0 radical (unpaired) electrons. The van der Waals surface area contributed by atoms with Crippen LogP contribution < -0.4 is 5.32 Å². The fourth-order valence-electron chi connectivity index (χ4n) is 2.51. The van der Waals surface area contributed by atoms with Crippen molar-refractivity contribution in [2.45, 2.75) is 6.42 Å². The second kappa shape index (κ2) is 6.26. The van der Waals surface area contributed by atoms with E-state index in [2.05, 4.69) is 5.32 Å². The third-order valence-corrected chi connectivity index (χ3v) is 4.48. The van der Waals surface area contributed by atoms with Crippen LogP contribution in [0.1, 0.15) is 26.3 Å². The Morgan fingerprint density at radius 1 is 1.04 bits per heavy atom. The molecule has 5 nitrogen and oxygen atoms in total. The van der Waals surface area contributed by atoms with E-state index in [-0.39, 0.29) is 29.7 Å². The number of fused-ring (bicyclic) bond motifs is 1. The highest BCUT2D eigenvalue weighted by molar-refractivity contribution is 6.36. The first-order chi connectivity index (χ1) is 11.4. The molecule has 2 aromatic carbocycles. The van der Waals surface area contributed by atoms with Crippen LogP contribution >= 0.6 is 23.2 Å². The summed E-state index contributed by atoms with van der Waals surface area (Å²) in [4.78, 5) is 37.1. The molecule has 1 N–H and O–H groups in total. The third kappa shape index (κ3) is 2.88. The molecule has 0 unspecified atom stereocenters. The van der Waals surface area contributed by atoms with Crippen LogP contribution in [0.2, 0.25) is 10.0 Å². The number of hydrogen-bond donors (Lipinski definition) is 1. The summed E-state index contributed by atoms with van der Waals surface area (Å²) in [6.07, 6.45) is 0.00235. The van der Waals surface area contributed by atoms with Crippen molar-refractivity contribution in [1.82, 2.24) is 4.90 Å². The van der Waals surface area contributed by atoms with Crippen molar-refractivity contribution in [3.05, 3.63) is 63.1 Å². The van der Waals surface area contributed by atoms with E-state index < -0.39 is 0 Å². The highest BCUT2D eigenvalue weighted by Gasteiger charge is 2.32. The van der Waals surface area contributed by atoms with E-state index in [0.29, 0.717) is 26.9 Å². The van der Waals surface area contributed by atoms with Crippen LogP contribution in [-0.4, -0.2) is 29.7 Å². The van der Waals surface area contributed by atoms with Gasteiger partial charge in [0.05, 0.1) is 17.5 Å². The number of hydrogen-bond acceptors (Lipinski definition) is 3. The monoisotopic (exact) mass is 362 g/mol. The topological polar surface area (TPSA) is 66.5 Å². The summed E-state index contributed by atoms with van der Waals surface area (Å²) in [7, 11) is 1.42. The number of amides is 3. The van der Waals surface area contributed by atoms with Gasteiger partial charge < -0.3 is 5.32 Å². The summed E-state index contributed by atoms with van der Waals surface area (Å²) in [6, 6.07) is 9.61. The lowest BCUT2D eigenvalue weighted by Crippen LogP contribution is -2.24. The minimum atomic E-state index is -0.389. The van der Waals surface area contributed by atoms with Crippen molar-refractivity contribution < 1.29 is 14.4 Å². The number of rotatable bonds is 3. The average molecular weight is 363 g/mol. The molecule has 2 aromatic rings. The molecule has 0 atom stereocenters. The molecular formula is C17H12Cl2N2O3. The van der Waals surface area contributed by atoms with E-state index >= 15 is 0 Å². The predicted molar refractivity (Wildman–Crippen MR) is 91.7 cm³/mol. The van der Waals surface area contributed by atoms with Gasteiger partial charge in [-0.05, 0) is 35.9 Å². The van der Waals surface area contributed by atoms with Gasteiger partial charge >= 0.3 is 0 Å². The van der Waals surface area contributed by atoms with Gasteiger partial charge in [-0.3, -0.25) is 19.3 Å². The molecule has 0 aromatic heterocycles. The smallest absolute Gasteiger partial charge is 0.261 e. The Kier molecular flexibility index (Phi) is 4.30. The first-order valence-electron chi connectivity index (χ1n) is 7.07. The quantitative estimate of drug-likeness (QED) is 0.850. The molecule has 0 aliphatic carbocycles. The maximum Gasteiger partial charge on any atom is 0.261 e. The number of carbonyl (C=O) groups excluding carboxylic acids is 3. The highest BCUT2D eigenvalue weighted by Crippen LogP contribution is 2.27. The van der Waals surface area contributed by atoms with Gasteiger partial charge in [-0.1, -0.05) is 29.3 Å². The van der Waals surface area contributed by atoms with Gasteiger partial charge in [0.1, 0.15) is 0 Å². The van der Waals surface area contributed by atoms with Gasteiger partial charge in [-0.2, -0.15) is 0 Å². The zero-order valence-corrected chi connectivity index (χ0v) is 14.1. The van der Waals surface area contributed by atoms with Crippen molar-refractivity contribution in [3.8, 4) is 0 Å². The lowest BCUT2D eigenvalue weighted by molar-refractivity contribution is -0.115. The Morgan fingerprint density at radius 2 is 1.67 bits per heavy atom. The van der Waals surface area contributed by atoms with E-state index in [1.807, 2.05) is 0 Å². The van der Waals surface area contributed by atoms with Crippen LogP contribution in [0.3, 0.4) is 0 Å². The van der Waals surface area contributed by atoms with Crippen LogP contribution in [0.4, 0.5) is 5.69 Å². The first-order valence-corrected chi connectivity index (χ1v) is 7.83. The first kappa shape index (κ1) is 16.5. The SMILES string of the molecule is CN1C(=O)c2ccc(NC(=O)Cc3c(Cl)cccc3Cl)cc2C1=O. The molecule has 0 spiro atoms. The molecule has 24 heavy (non-hydrogen) atoms. The van der Waals surface area contributed by atoms with E-state index in [0.717, 1.165) is 4.90 Å². The standard InChI is InChI=1S/C17H12Cl2N2O3/c1-21-16(23)10-6-5-9(7-11(10)17(21)24)20-15(22)8-12-13(18)3-2-4-14(12)19/h2-7H,8H2,1H3,(H,20,22). The Balaban J connectivity index is 1.79. The molecule has 1 aliphatic rings. The zero-order chi connectivity index (χ0) is 17.4. The van der Waals surface area contributed by atoms with E-state index in [4.69, 9.17) is 23.2 Å². The molecule has 122 valence electrons. The van der Waals surface area contributed by atoms with Gasteiger partial charge in [0, 0.05) is 22.8 Å². The van der Waals surface area contributed by atoms with Crippen LogP contribution in [0.25, 0.3) is 0 Å². The largest absolute Gasteiger partial charge is 0.326 e. The normalized spacial score (nSPS) is 13.2. The zero-order valence-electron chi connectivity index (χ0n) is 12.6. The average Bonchev–Trinajstić information content (AvgIpc) is 2.76. The van der Waals surface area contributed by atoms with Crippen LogP contribution in [0.15, 0.2) is 36.4 Å². The second-order valence-electron chi connectivity index (χ2n) is 5.35. The van der Waals surface area contributed by atoms with Crippen LogP contribution in [0.5, 0.6) is 0 Å². The molecule has 3 rings (SSSR count). The summed E-state index contributed by atoms with van der Waals surface area (Å²) in [5.41, 5.74) is 1.56. The lowest BCUT2D eigenvalue weighted by Gasteiger charge is -2.09. The minimum absolute atomic E-state index is 0.00235. The number of nitrogens with one attached hydrogen (secondary N) is 1. The molecule has 0 saturated heterocycles. The Hall–Kier alpha value is -2.37. The molecule has 1 aliphatic heterocycles. The van der Waals surface area contributed by atoms with E-state index in [1.165, 1.54) is 19.2 Å². The number of halogens is 2. The molecule has 0 fully saturated rings. The Labute approximate surface area is 148 Å². The molecule has 0 saturated carbocycles. The van der Waals surface area contributed by atoms with Crippen LogP contribution in [-0.2, 0) is 11.2 Å². The number of imide groups is 1. The van der Waals surface area contributed by atoms with Crippen molar-refractivity contribution >= 4 is 46.6 Å². The van der Waals surface area contributed by atoms with Gasteiger partial charge in [0.25, 0.3) is 11.8 Å². The molecule has 0 bridgehead atoms. The number of benzene rings is 2. The van der Waals surface area contributed by atoms with Crippen molar-refractivity contribution in [1.29, 1.82) is 0 Å². The molecular weight excluding hydrogens is 351 g/mol. The van der Waals surface area contributed by atoms with Crippen LogP contribution in [0, 0.1) is 0 Å². The van der Waals surface area contributed by atoms with Gasteiger partial charge in [-0.15, -0.1) is 0 Å². The fraction of sp³-hybridized carbons (Fsp3) is 0.118. The molecule has 7 heteroatoms. The Bertz CT molecular complexity index is 860. The van der Waals surface area contributed by atoms with Crippen molar-refractivity contribution in [2.75, 3.05) is 12.4 Å². The summed E-state index contributed by atoms with van der Waals surface area (Å²) in [5, 5.41) is 3.51. The van der Waals surface area contributed by atoms with Crippen molar-refractivity contribution in [3.63, 3.8) is 0 Å². The Morgan fingerprint density at radius 3 is 2.33 bits per heavy atom. The van der Waals surface area contributed by atoms with E-state index in [1.54, 1.807) is 24.3 Å². The maximum atomic E-state index is 12.2. The number of nitrogens with zero attached hydrogens (tertiary/aromatic N) is 1. The van der Waals surface area contributed by atoms with Crippen molar-refractivity contribution in [2.24, 2.45) is 0 Å². The second-order valence-corrected chi connectivity index (χ2v) is 6.17. The third-order valence-electron chi connectivity index (χ3n) is 3.77. The number of anilines is 1. The maximum absolute atomic E-state index is 12.2. The minimum Gasteiger partial charge on any atom is -0.326 e. The predicted octanol–water partition coefficient (Wildman–Crippen LogP) is 3.40. The summed E-state index contributed by atoms with van der Waals surface area (Å²) < 4.78 is 0. The van der Waals surface area contributed by atoms with E-state index in [9.17, 15) is 14.4 Å². The summed E-state index contributed by atoms with van der Waals surface area (Å²) in [5.74, 6) is -1.06. The fourth-order valence-corrected chi connectivity index (χ4v) is 3.04. The molecule has 3 amide bonds. The lowest BCUT2D eigenvalue weighted by atomic mass is 10.1. The molecule has 1 heterocycles. The van der Waals surface area contributed by atoms with Gasteiger partial charge in [0.15, 0.2) is 0 Å². The summed E-state index contributed by atoms with van der Waals surface area (Å²) in [6.45, 7) is 0. The highest BCUT2D eigenvalue weighted by atomic mass is 35.5.